The van der Waals surface area contributed by atoms with Crippen LogP contribution in [0.3, 0.4) is 0 Å². The van der Waals surface area contributed by atoms with E-state index in [0.29, 0.717) is 24.5 Å². The lowest BCUT2D eigenvalue weighted by Crippen LogP contribution is -2.30. The van der Waals surface area contributed by atoms with E-state index in [1.807, 2.05) is 18.2 Å². The summed E-state index contributed by atoms with van der Waals surface area (Å²) < 4.78 is 15.3. The highest BCUT2D eigenvalue weighted by atomic mass is 19.1. The lowest BCUT2D eigenvalue weighted by molar-refractivity contribution is 0.252. The van der Waals surface area contributed by atoms with Crippen LogP contribution in [0.4, 0.5) is 14.9 Å². The number of halogens is 1. The molecule has 0 bridgehead atoms. The molecule has 3 aromatic rings. The highest BCUT2D eigenvalue weighted by Crippen LogP contribution is 2.18. The molecule has 0 unspecified atom stereocenters. The van der Waals surface area contributed by atoms with E-state index in [1.54, 1.807) is 13.1 Å². The molecule has 2 amide bonds. The summed E-state index contributed by atoms with van der Waals surface area (Å²) in [6.45, 7) is 2.09. The van der Waals surface area contributed by atoms with Gasteiger partial charge in [0.2, 0.25) is 0 Å². The van der Waals surface area contributed by atoms with Gasteiger partial charge in [-0.15, -0.1) is 5.10 Å². The van der Waals surface area contributed by atoms with E-state index >= 15 is 0 Å². The first-order chi connectivity index (χ1) is 12.1. The van der Waals surface area contributed by atoms with Gasteiger partial charge in [-0.3, -0.25) is 4.98 Å². The highest BCUT2D eigenvalue weighted by molar-refractivity contribution is 5.89. The molecule has 2 heterocycles. The van der Waals surface area contributed by atoms with Crippen LogP contribution in [0.15, 0.2) is 42.6 Å². The van der Waals surface area contributed by atoms with Crippen LogP contribution in [0.5, 0.6) is 0 Å². The number of urea groups is 1. The number of nitrogens with one attached hydrogen (secondary N) is 2. The van der Waals surface area contributed by atoms with E-state index in [4.69, 9.17) is 0 Å². The number of amides is 2. The van der Waals surface area contributed by atoms with Crippen LogP contribution in [0, 0.1) is 12.7 Å². The monoisotopic (exact) mass is 341 g/mol. The third kappa shape index (κ3) is 4.14. The molecule has 128 valence electrons. The highest BCUT2D eigenvalue weighted by Gasteiger charge is 2.11. The Hall–Kier alpha value is -3.36. The van der Waals surface area contributed by atoms with Gasteiger partial charge in [-0.2, -0.15) is 4.68 Å². The molecule has 0 aliphatic rings. The van der Waals surface area contributed by atoms with Crippen LogP contribution in [-0.2, 0) is 6.42 Å². The van der Waals surface area contributed by atoms with E-state index in [-0.39, 0.29) is 11.7 Å². The molecule has 0 fully saturated rings. The number of aryl methyl sites for hydroxylation is 1. The van der Waals surface area contributed by atoms with Crippen molar-refractivity contribution in [1.82, 2.24) is 30.5 Å². The fourth-order valence-electron chi connectivity index (χ4n) is 2.23. The van der Waals surface area contributed by atoms with Crippen molar-refractivity contribution in [3.8, 4) is 5.69 Å². The Balaban J connectivity index is 1.61. The molecule has 0 saturated heterocycles. The first-order valence-electron chi connectivity index (χ1n) is 7.63. The van der Waals surface area contributed by atoms with E-state index in [1.165, 1.54) is 22.9 Å². The SMILES string of the molecule is Cc1nnnn1-c1cc(NC(=O)NCCc2ccccn2)ccc1F. The summed E-state index contributed by atoms with van der Waals surface area (Å²) in [5.41, 5.74) is 1.48. The molecule has 0 spiro atoms. The fraction of sp³-hybridized carbons (Fsp3) is 0.188. The standard InChI is InChI=1S/C16H16FN7O/c1-11-21-22-23-24(11)15-10-13(5-6-14(15)17)20-16(25)19-9-7-12-4-2-3-8-18-12/h2-6,8,10H,7,9H2,1H3,(H2,19,20,25). The summed E-state index contributed by atoms with van der Waals surface area (Å²) in [7, 11) is 0. The molecule has 2 aromatic heterocycles. The molecular formula is C16H16FN7O. The number of hydrogen-bond acceptors (Lipinski definition) is 5. The third-order valence-electron chi connectivity index (χ3n) is 3.45. The van der Waals surface area contributed by atoms with Crippen molar-refractivity contribution >= 4 is 11.7 Å². The summed E-state index contributed by atoms with van der Waals surface area (Å²) in [5.74, 6) is -0.0487. The van der Waals surface area contributed by atoms with Crippen molar-refractivity contribution in [3.05, 3.63) is 59.9 Å². The number of rotatable bonds is 5. The molecule has 0 saturated carbocycles. The number of tetrazole rings is 1. The van der Waals surface area contributed by atoms with Crippen molar-refractivity contribution in [2.24, 2.45) is 0 Å². The smallest absolute Gasteiger partial charge is 0.319 e. The third-order valence-corrected chi connectivity index (χ3v) is 3.45. The van der Waals surface area contributed by atoms with Gasteiger partial charge < -0.3 is 10.6 Å². The normalized spacial score (nSPS) is 10.5. The summed E-state index contributed by atoms with van der Waals surface area (Å²) >= 11 is 0. The van der Waals surface area contributed by atoms with Crippen molar-refractivity contribution in [3.63, 3.8) is 0 Å². The number of benzene rings is 1. The largest absolute Gasteiger partial charge is 0.337 e. The zero-order valence-corrected chi connectivity index (χ0v) is 13.5. The Bertz CT molecular complexity index is 866. The molecule has 0 radical (unpaired) electrons. The first kappa shape index (κ1) is 16.5. The number of carbonyl (C=O) groups excluding carboxylic acids is 1. The van der Waals surface area contributed by atoms with E-state index in [9.17, 15) is 9.18 Å². The molecule has 0 aliphatic carbocycles. The minimum absolute atomic E-state index is 0.161. The van der Waals surface area contributed by atoms with E-state index in [2.05, 4.69) is 31.1 Å². The summed E-state index contributed by atoms with van der Waals surface area (Å²) in [6, 6.07) is 9.42. The summed E-state index contributed by atoms with van der Waals surface area (Å²) in [5, 5.41) is 16.3. The predicted octanol–water partition coefficient (Wildman–Crippen LogP) is 1.87. The molecule has 2 N–H and O–H groups in total. The van der Waals surface area contributed by atoms with E-state index in [0.717, 1.165) is 5.69 Å². The Morgan fingerprint density at radius 1 is 1.28 bits per heavy atom. The topological polar surface area (TPSA) is 97.6 Å². The van der Waals surface area contributed by atoms with Crippen LogP contribution in [-0.4, -0.2) is 37.8 Å². The molecule has 8 nitrogen and oxygen atoms in total. The molecular weight excluding hydrogens is 325 g/mol. The van der Waals surface area contributed by atoms with Crippen molar-refractivity contribution < 1.29 is 9.18 Å². The number of hydrogen-bond donors (Lipinski definition) is 2. The van der Waals surface area contributed by atoms with Crippen molar-refractivity contribution in [2.75, 3.05) is 11.9 Å². The van der Waals surface area contributed by atoms with Gasteiger partial charge in [-0.1, -0.05) is 6.07 Å². The van der Waals surface area contributed by atoms with Gasteiger partial charge in [0, 0.05) is 30.5 Å². The molecule has 0 aliphatic heterocycles. The predicted molar refractivity (Wildman–Crippen MR) is 88.8 cm³/mol. The van der Waals surface area contributed by atoms with Crippen LogP contribution in [0.1, 0.15) is 11.5 Å². The second-order valence-corrected chi connectivity index (χ2v) is 5.26. The quantitative estimate of drug-likeness (QED) is 0.738. The summed E-state index contributed by atoms with van der Waals surface area (Å²) in [6.07, 6.45) is 2.32. The van der Waals surface area contributed by atoms with Crippen molar-refractivity contribution in [1.29, 1.82) is 0 Å². The minimum Gasteiger partial charge on any atom is -0.337 e. The second-order valence-electron chi connectivity index (χ2n) is 5.26. The Morgan fingerprint density at radius 2 is 2.16 bits per heavy atom. The van der Waals surface area contributed by atoms with Gasteiger partial charge in [-0.05, 0) is 47.7 Å². The van der Waals surface area contributed by atoms with E-state index < -0.39 is 5.82 Å². The van der Waals surface area contributed by atoms with Gasteiger partial charge in [0.25, 0.3) is 0 Å². The average Bonchev–Trinajstić information content (AvgIpc) is 3.03. The maximum Gasteiger partial charge on any atom is 0.319 e. The molecule has 0 atom stereocenters. The number of aromatic nitrogens is 5. The average molecular weight is 341 g/mol. The maximum absolute atomic E-state index is 14.0. The minimum atomic E-state index is -0.489. The van der Waals surface area contributed by atoms with Crippen LogP contribution < -0.4 is 10.6 Å². The molecule has 3 rings (SSSR count). The number of pyridine rings is 1. The number of nitrogens with zero attached hydrogens (tertiary/aromatic N) is 5. The maximum atomic E-state index is 14.0. The van der Waals surface area contributed by atoms with Gasteiger partial charge in [0.15, 0.2) is 5.82 Å². The Kier molecular flexibility index (Phi) is 4.93. The zero-order chi connectivity index (χ0) is 17.6. The van der Waals surface area contributed by atoms with Crippen LogP contribution >= 0.6 is 0 Å². The fourth-order valence-corrected chi connectivity index (χ4v) is 2.23. The molecule has 25 heavy (non-hydrogen) atoms. The van der Waals surface area contributed by atoms with Crippen LogP contribution in [0.25, 0.3) is 5.69 Å². The van der Waals surface area contributed by atoms with Gasteiger partial charge >= 0.3 is 6.03 Å². The number of carbonyl (C=O) groups is 1. The lowest BCUT2D eigenvalue weighted by Gasteiger charge is -2.10. The molecule has 1 aromatic carbocycles. The van der Waals surface area contributed by atoms with Crippen molar-refractivity contribution in [2.45, 2.75) is 13.3 Å². The van der Waals surface area contributed by atoms with Gasteiger partial charge in [0.1, 0.15) is 11.5 Å². The second kappa shape index (κ2) is 7.47. The number of anilines is 1. The summed E-state index contributed by atoms with van der Waals surface area (Å²) in [4.78, 5) is 16.2. The zero-order valence-electron chi connectivity index (χ0n) is 13.5. The Labute approximate surface area is 143 Å². The molecule has 9 heteroatoms. The first-order valence-corrected chi connectivity index (χ1v) is 7.63. The Morgan fingerprint density at radius 3 is 2.88 bits per heavy atom. The van der Waals surface area contributed by atoms with Gasteiger partial charge in [-0.25, -0.2) is 9.18 Å². The van der Waals surface area contributed by atoms with Crippen LogP contribution in [0.2, 0.25) is 0 Å². The lowest BCUT2D eigenvalue weighted by atomic mass is 10.2. The van der Waals surface area contributed by atoms with Gasteiger partial charge in [0.05, 0.1) is 0 Å².